The summed E-state index contributed by atoms with van der Waals surface area (Å²) in [6, 6.07) is 12.2. The van der Waals surface area contributed by atoms with E-state index in [1.165, 1.54) is 18.3 Å². The second-order valence-electron chi connectivity index (χ2n) is 6.99. The zero-order chi connectivity index (χ0) is 21.6. The Balaban J connectivity index is 1.57. The molecule has 1 aliphatic rings. The van der Waals surface area contributed by atoms with Crippen molar-refractivity contribution in [2.24, 2.45) is 5.10 Å². The number of ether oxygens (including phenoxy) is 1. The highest BCUT2D eigenvalue weighted by Gasteiger charge is 2.16. The summed E-state index contributed by atoms with van der Waals surface area (Å²) in [7, 11) is 0. The topological polar surface area (TPSA) is 128 Å². The molecule has 10 heteroatoms. The van der Waals surface area contributed by atoms with Gasteiger partial charge in [0.15, 0.2) is 0 Å². The van der Waals surface area contributed by atoms with Gasteiger partial charge in [-0.2, -0.15) is 20.1 Å². The van der Waals surface area contributed by atoms with Crippen molar-refractivity contribution in [2.75, 3.05) is 41.9 Å². The van der Waals surface area contributed by atoms with Crippen LogP contribution in [0.3, 0.4) is 0 Å². The van der Waals surface area contributed by atoms with E-state index in [0.717, 1.165) is 11.3 Å². The van der Waals surface area contributed by atoms with Crippen LogP contribution in [0.25, 0.3) is 0 Å². The predicted molar refractivity (Wildman–Crippen MR) is 118 cm³/mol. The first-order valence-electron chi connectivity index (χ1n) is 9.80. The maximum absolute atomic E-state index is 9.88. The van der Waals surface area contributed by atoms with Crippen molar-refractivity contribution in [3.63, 3.8) is 0 Å². The molecular weight excluding hydrogens is 398 g/mol. The Morgan fingerprint density at radius 1 is 1.00 bits per heavy atom. The van der Waals surface area contributed by atoms with Crippen LogP contribution >= 0.6 is 0 Å². The van der Waals surface area contributed by atoms with E-state index in [1.54, 1.807) is 6.07 Å². The number of nitrogens with zero attached hydrogens (tertiary/aromatic N) is 5. The lowest BCUT2D eigenvalue weighted by atomic mass is 10.2. The maximum Gasteiger partial charge on any atom is 0.250 e. The molecule has 4 rings (SSSR count). The lowest BCUT2D eigenvalue weighted by molar-refractivity contribution is 0.122. The number of rotatable bonds is 6. The van der Waals surface area contributed by atoms with Crippen molar-refractivity contribution >= 4 is 29.7 Å². The van der Waals surface area contributed by atoms with Gasteiger partial charge >= 0.3 is 0 Å². The molecule has 2 heterocycles. The van der Waals surface area contributed by atoms with Gasteiger partial charge in [0.25, 0.3) is 0 Å². The Bertz CT molecular complexity index is 1070. The molecule has 3 aromatic rings. The first-order chi connectivity index (χ1) is 15.1. The first-order valence-corrected chi connectivity index (χ1v) is 9.80. The molecule has 0 amide bonds. The number of anilines is 4. The van der Waals surface area contributed by atoms with Crippen LogP contribution in [-0.4, -0.2) is 57.7 Å². The van der Waals surface area contributed by atoms with E-state index in [2.05, 4.69) is 30.8 Å². The molecule has 1 aliphatic heterocycles. The van der Waals surface area contributed by atoms with Crippen LogP contribution < -0.4 is 15.6 Å². The monoisotopic (exact) mass is 421 g/mol. The summed E-state index contributed by atoms with van der Waals surface area (Å²) < 4.78 is 5.41. The van der Waals surface area contributed by atoms with Crippen molar-refractivity contribution < 1.29 is 14.9 Å². The highest BCUT2D eigenvalue weighted by atomic mass is 16.5. The number of phenols is 2. The smallest absolute Gasteiger partial charge is 0.250 e. The van der Waals surface area contributed by atoms with Gasteiger partial charge in [0.1, 0.15) is 11.5 Å². The summed E-state index contributed by atoms with van der Waals surface area (Å²) in [4.78, 5) is 15.4. The fraction of sp³-hybridized carbons (Fsp3) is 0.238. The normalized spacial score (nSPS) is 14.0. The molecule has 0 spiro atoms. The summed E-state index contributed by atoms with van der Waals surface area (Å²) in [5.74, 6) is 1.03. The highest BCUT2D eigenvalue weighted by Crippen LogP contribution is 2.21. The zero-order valence-corrected chi connectivity index (χ0v) is 17.0. The van der Waals surface area contributed by atoms with Gasteiger partial charge < -0.3 is 25.2 Å². The van der Waals surface area contributed by atoms with Crippen LogP contribution in [0, 0.1) is 6.92 Å². The molecule has 4 N–H and O–H groups in total. The minimum absolute atomic E-state index is 0.0259. The van der Waals surface area contributed by atoms with Gasteiger partial charge in [0, 0.05) is 30.4 Å². The molecule has 0 unspecified atom stereocenters. The fourth-order valence-corrected chi connectivity index (χ4v) is 2.94. The Labute approximate surface area is 179 Å². The average Bonchev–Trinajstić information content (AvgIpc) is 2.77. The second kappa shape index (κ2) is 9.26. The van der Waals surface area contributed by atoms with Crippen molar-refractivity contribution in [3.05, 3.63) is 53.6 Å². The number of benzene rings is 2. The van der Waals surface area contributed by atoms with Gasteiger partial charge in [-0.25, -0.2) is 5.43 Å². The van der Waals surface area contributed by atoms with Crippen molar-refractivity contribution in [2.45, 2.75) is 6.92 Å². The maximum atomic E-state index is 9.88. The number of aryl methyl sites for hydroxylation is 1. The van der Waals surface area contributed by atoms with Crippen LogP contribution in [0.15, 0.2) is 47.6 Å². The second-order valence-corrected chi connectivity index (χ2v) is 6.99. The summed E-state index contributed by atoms with van der Waals surface area (Å²) in [6.45, 7) is 4.59. The SMILES string of the molecule is Cc1ccc(Nc2nc(N/N=C/c3ccc(O)cc3O)nc(N3CCOCC3)n2)cc1. The number of hydrazone groups is 1. The molecule has 2 aromatic carbocycles. The van der Waals surface area contributed by atoms with E-state index in [4.69, 9.17) is 4.74 Å². The van der Waals surface area contributed by atoms with Crippen molar-refractivity contribution in [1.29, 1.82) is 0 Å². The molecule has 1 saturated heterocycles. The van der Waals surface area contributed by atoms with Crippen LogP contribution in [0.5, 0.6) is 11.5 Å². The lowest BCUT2D eigenvalue weighted by Gasteiger charge is -2.27. The summed E-state index contributed by atoms with van der Waals surface area (Å²) >= 11 is 0. The number of phenolic OH excluding ortho intramolecular Hbond substituents is 2. The quantitative estimate of drug-likeness (QED) is 0.351. The molecule has 160 valence electrons. The third-order valence-electron chi connectivity index (χ3n) is 4.61. The number of hydrogen-bond donors (Lipinski definition) is 4. The third-order valence-corrected chi connectivity index (χ3v) is 4.61. The summed E-state index contributed by atoms with van der Waals surface area (Å²) in [6.07, 6.45) is 1.42. The van der Waals surface area contributed by atoms with Gasteiger partial charge in [0.05, 0.1) is 19.4 Å². The summed E-state index contributed by atoms with van der Waals surface area (Å²) in [5, 5.41) is 26.6. The Morgan fingerprint density at radius 2 is 1.74 bits per heavy atom. The lowest BCUT2D eigenvalue weighted by Crippen LogP contribution is -2.37. The molecule has 0 saturated carbocycles. The molecule has 31 heavy (non-hydrogen) atoms. The predicted octanol–water partition coefficient (Wildman–Crippen LogP) is 2.62. The van der Waals surface area contributed by atoms with Crippen LogP contribution in [-0.2, 0) is 4.74 Å². The Kier molecular flexibility index (Phi) is 6.08. The molecule has 1 fully saturated rings. The van der Waals surface area contributed by atoms with Gasteiger partial charge in [0.2, 0.25) is 17.8 Å². The number of hydrogen-bond acceptors (Lipinski definition) is 10. The largest absolute Gasteiger partial charge is 0.508 e. The molecule has 1 aromatic heterocycles. The molecule has 0 radical (unpaired) electrons. The molecular formula is C21H23N7O3. The minimum atomic E-state index is -0.0862. The Hall–Kier alpha value is -3.92. The van der Waals surface area contributed by atoms with E-state index in [1.807, 2.05) is 36.1 Å². The average molecular weight is 421 g/mol. The standard InChI is InChI=1S/C21H23N7O3/c1-14-2-5-16(6-3-14)23-19-24-20(26-21(25-19)28-8-10-31-11-9-28)27-22-13-15-4-7-17(29)12-18(15)30/h2-7,12-13,29-30H,8-11H2,1H3,(H2,23,24,25,26,27)/b22-13+. The van der Waals surface area contributed by atoms with E-state index in [0.29, 0.717) is 43.8 Å². The first kappa shape index (κ1) is 20.4. The number of morpholine rings is 1. The molecule has 0 aliphatic carbocycles. The fourth-order valence-electron chi connectivity index (χ4n) is 2.94. The molecule has 0 atom stereocenters. The minimum Gasteiger partial charge on any atom is -0.508 e. The van der Waals surface area contributed by atoms with Gasteiger partial charge in [-0.15, -0.1) is 0 Å². The van der Waals surface area contributed by atoms with Gasteiger partial charge in [-0.1, -0.05) is 17.7 Å². The third kappa shape index (κ3) is 5.37. The van der Waals surface area contributed by atoms with Crippen LogP contribution in [0.4, 0.5) is 23.5 Å². The number of aromatic hydroxyl groups is 2. The highest BCUT2D eigenvalue weighted by molar-refractivity contribution is 5.84. The molecule has 10 nitrogen and oxygen atoms in total. The van der Waals surface area contributed by atoms with Gasteiger partial charge in [-0.05, 0) is 31.2 Å². The zero-order valence-electron chi connectivity index (χ0n) is 17.0. The van der Waals surface area contributed by atoms with Crippen LogP contribution in [0.1, 0.15) is 11.1 Å². The van der Waals surface area contributed by atoms with Gasteiger partial charge in [-0.3, -0.25) is 0 Å². The van der Waals surface area contributed by atoms with Crippen molar-refractivity contribution in [1.82, 2.24) is 15.0 Å². The molecule has 0 bridgehead atoms. The van der Waals surface area contributed by atoms with E-state index >= 15 is 0 Å². The number of nitrogens with one attached hydrogen (secondary N) is 2. The Morgan fingerprint density at radius 3 is 2.48 bits per heavy atom. The number of aromatic nitrogens is 3. The van der Waals surface area contributed by atoms with E-state index in [-0.39, 0.29) is 17.4 Å². The van der Waals surface area contributed by atoms with E-state index in [9.17, 15) is 10.2 Å². The van der Waals surface area contributed by atoms with Crippen molar-refractivity contribution in [3.8, 4) is 11.5 Å². The van der Waals surface area contributed by atoms with Crippen LogP contribution in [0.2, 0.25) is 0 Å². The van der Waals surface area contributed by atoms with E-state index < -0.39 is 0 Å². The summed E-state index contributed by atoms with van der Waals surface area (Å²) in [5.41, 5.74) is 5.23.